The second kappa shape index (κ2) is 6.15. The summed E-state index contributed by atoms with van der Waals surface area (Å²) in [6, 6.07) is -0.465. The summed E-state index contributed by atoms with van der Waals surface area (Å²) >= 11 is 6.20. The fourth-order valence-electron chi connectivity index (χ4n) is 3.76. The van der Waals surface area contributed by atoms with Crippen LogP contribution >= 0.6 is 11.6 Å². The molecule has 0 radical (unpaired) electrons. The molecule has 3 rings (SSSR count). The number of rotatable bonds is 3. The summed E-state index contributed by atoms with van der Waals surface area (Å²) in [5, 5.41) is 3.03. The van der Waals surface area contributed by atoms with Crippen LogP contribution in [-0.4, -0.2) is 35.6 Å². The van der Waals surface area contributed by atoms with Gasteiger partial charge in [-0.3, -0.25) is 0 Å². The number of hydrogen-bond acceptors (Lipinski definition) is 4. The number of nitrogens with two attached hydrogens (primary N) is 1. The van der Waals surface area contributed by atoms with E-state index in [0.717, 1.165) is 50.3 Å². The van der Waals surface area contributed by atoms with Gasteiger partial charge in [-0.25, -0.2) is 14.8 Å². The molecule has 7 heteroatoms. The molecule has 2 heterocycles. The molecule has 1 fully saturated rings. The molecule has 1 unspecified atom stereocenters. The first-order valence-electron chi connectivity index (χ1n) is 8.22. The Labute approximate surface area is 141 Å². The first-order chi connectivity index (χ1) is 10.9. The van der Waals surface area contributed by atoms with E-state index in [1.165, 1.54) is 5.56 Å². The predicted octanol–water partition coefficient (Wildman–Crippen LogP) is 2.24. The Balaban J connectivity index is 1.84. The molecule has 1 aliphatic carbocycles. The Morgan fingerprint density at radius 1 is 1.48 bits per heavy atom. The Morgan fingerprint density at radius 3 is 3.00 bits per heavy atom. The number of amides is 2. The van der Waals surface area contributed by atoms with Gasteiger partial charge in [0.2, 0.25) is 5.28 Å². The summed E-state index contributed by atoms with van der Waals surface area (Å²) in [5.74, 6) is 1.37. The van der Waals surface area contributed by atoms with Crippen molar-refractivity contribution >= 4 is 23.4 Å². The highest BCUT2D eigenvalue weighted by Crippen LogP contribution is 2.40. The molecule has 0 bridgehead atoms. The summed E-state index contributed by atoms with van der Waals surface area (Å²) in [4.78, 5) is 22.2. The summed E-state index contributed by atoms with van der Waals surface area (Å²) in [7, 11) is 0. The van der Waals surface area contributed by atoms with Crippen LogP contribution in [0.15, 0.2) is 0 Å². The lowest BCUT2D eigenvalue weighted by atomic mass is 9.76. The molecule has 2 aliphatic rings. The van der Waals surface area contributed by atoms with E-state index in [1.807, 2.05) is 0 Å². The van der Waals surface area contributed by atoms with Crippen molar-refractivity contribution in [1.29, 1.82) is 0 Å². The SMILES string of the molecule is CC1(C)CCCc2c(N3CCC(CNC(N)=O)C3)nc(Cl)nc21. The second-order valence-electron chi connectivity index (χ2n) is 7.23. The smallest absolute Gasteiger partial charge is 0.312 e. The van der Waals surface area contributed by atoms with Crippen LogP contribution in [0.3, 0.4) is 0 Å². The van der Waals surface area contributed by atoms with Crippen LogP contribution in [0.4, 0.5) is 10.6 Å². The van der Waals surface area contributed by atoms with Crippen LogP contribution in [0.2, 0.25) is 5.28 Å². The minimum absolute atomic E-state index is 0.0432. The van der Waals surface area contributed by atoms with Crippen LogP contribution in [0.1, 0.15) is 44.4 Å². The zero-order valence-electron chi connectivity index (χ0n) is 13.7. The van der Waals surface area contributed by atoms with E-state index in [1.54, 1.807) is 0 Å². The average Bonchev–Trinajstić information content (AvgIpc) is 2.94. The van der Waals surface area contributed by atoms with Gasteiger partial charge >= 0.3 is 6.03 Å². The van der Waals surface area contributed by atoms with Crippen molar-refractivity contribution in [3.63, 3.8) is 0 Å². The highest BCUT2D eigenvalue weighted by Gasteiger charge is 2.34. The molecule has 1 saturated heterocycles. The number of carbonyl (C=O) groups is 1. The molecule has 0 saturated carbocycles. The minimum atomic E-state index is -0.465. The largest absolute Gasteiger partial charge is 0.356 e. The normalized spacial score (nSPS) is 22.7. The third-order valence-corrected chi connectivity index (χ3v) is 5.15. The molecule has 1 aliphatic heterocycles. The third kappa shape index (κ3) is 3.37. The van der Waals surface area contributed by atoms with E-state index in [0.29, 0.717) is 17.7 Å². The van der Waals surface area contributed by atoms with E-state index in [2.05, 4.69) is 34.0 Å². The van der Waals surface area contributed by atoms with Crippen LogP contribution in [0.25, 0.3) is 0 Å². The van der Waals surface area contributed by atoms with Gasteiger partial charge in [0, 0.05) is 30.6 Å². The molecule has 23 heavy (non-hydrogen) atoms. The summed E-state index contributed by atoms with van der Waals surface area (Å²) in [6.07, 6.45) is 4.29. The first-order valence-corrected chi connectivity index (χ1v) is 8.60. The number of nitrogens with one attached hydrogen (secondary N) is 1. The number of hydrogen-bond donors (Lipinski definition) is 2. The Morgan fingerprint density at radius 2 is 2.26 bits per heavy atom. The van der Waals surface area contributed by atoms with Crippen molar-refractivity contribution in [3.8, 4) is 0 Å². The van der Waals surface area contributed by atoms with Crippen molar-refractivity contribution in [3.05, 3.63) is 16.5 Å². The maximum atomic E-state index is 10.9. The van der Waals surface area contributed by atoms with Crippen LogP contribution in [0, 0.1) is 5.92 Å². The number of urea groups is 1. The molecule has 2 amide bonds. The second-order valence-corrected chi connectivity index (χ2v) is 7.56. The lowest BCUT2D eigenvalue weighted by molar-refractivity contribution is 0.247. The molecular formula is C16H24ClN5O. The Hall–Kier alpha value is -1.56. The molecule has 126 valence electrons. The monoisotopic (exact) mass is 337 g/mol. The average molecular weight is 338 g/mol. The van der Waals surface area contributed by atoms with E-state index in [-0.39, 0.29) is 5.41 Å². The number of nitrogens with zero attached hydrogens (tertiary/aromatic N) is 3. The first kappa shape index (κ1) is 16.3. The molecule has 3 N–H and O–H groups in total. The van der Waals surface area contributed by atoms with Gasteiger partial charge in [0.1, 0.15) is 5.82 Å². The van der Waals surface area contributed by atoms with Crippen molar-refractivity contribution in [2.45, 2.75) is 44.9 Å². The number of aromatic nitrogens is 2. The summed E-state index contributed by atoms with van der Waals surface area (Å²) in [6.45, 7) is 6.84. The quantitative estimate of drug-likeness (QED) is 0.828. The maximum absolute atomic E-state index is 10.9. The highest BCUT2D eigenvalue weighted by atomic mass is 35.5. The van der Waals surface area contributed by atoms with Crippen molar-refractivity contribution in [1.82, 2.24) is 15.3 Å². The summed E-state index contributed by atoms with van der Waals surface area (Å²) < 4.78 is 0. The number of fused-ring (bicyclic) bond motifs is 1. The fraction of sp³-hybridized carbons (Fsp3) is 0.688. The highest BCUT2D eigenvalue weighted by molar-refractivity contribution is 6.28. The van der Waals surface area contributed by atoms with E-state index in [4.69, 9.17) is 17.3 Å². The standard InChI is InChI=1S/C16H24ClN5O/c1-16(2)6-3-4-11-12(16)20-14(17)21-13(11)22-7-5-10(9-22)8-19-15(18)23/h10H,3-9H2,1-2H3,(H3,18,19,23). The van der Waals surface area contributed by atoms with Gasteiger partial charge in [0.15, 0.2) is 0 Å². The maximum Gasteiger partial charge on any atom is 0.312 e. The van der Waals surface area contributed by atoms with Crippen LogP contribution < -0.4 is 16.0 Å². The number of halogens is 1. The van der Waals surface area contributed by atoms with Crippen molar-refractivity contribution in [2.75, 3.05) is 24.5 Å². The zero-order valence-corrected chi connectivity index (χ0v) is 14.5. The van der Waals surface area contributed by atoms with E-state index < -0.39 is 6.03 Å². The lowest BCUT2D eigenvalue weighted by Crippen LogP contribution is -2.35. The molecule has 0 spiro atoms. The summed E-state index contributed by atoms with van der Waals surface area (Å²) in [5.41, 5.74) is 7.54. The van der Waals surface area contributed by atoms with Gasteiger partial charge in [-0.15, -0.1) is 0 Å². The fourth-order valence-corrected chi connectivity index (χ4v) is 3.92. The van der Waals surface area contributed by atoms with Gasteiger partial charge in [-0.2, -0.15) is 0 Å². The molecule has 1 atom stereocenters. The topological polar surface area (TPSA) is 84.1 Å². The Kier molecular flexibility index (Phi) is 4.36. The van der Waals surface area contributed by atoms with E-state index >= 15 is 0 Å². The number of primary amides is 1. The van der Waals surface area contributed by atoms with Crippen molar-refractivity contribution in [2.24, 2.45) is 11.7 Å². The zero-order chi connectivity index (χ0) is 16.6. The van der Waals surface area contributed by atoms with Gasteiger partial charge in [0.05, 0.1) is 5.69 Å². The van der Waals surface area contributed by atoms with Crippen LogP contribution in [0.5, 0.6) is 0 Å². The van der Waals surface area contributed by atoms with Gasteiger partial charge in [-0.05, 0) is 43.2 Å². The molecule has 6 nitrogen and oxygen atoms in total. The molecular weight excluding hydrogens is 314 g/mol. The predicted molar refractivity (Wildman–Crippen MR) is 90.9 cm³/mol. The third-order valence-electron chi connectivity index (χ3n) is 4.98. The molecule has 0 aromatic carbocycles. The van der Waals surface area contributed by atoms with Gasteiger partial charge in [-0.1, -0.05) is 13.8 Å². The van der Waals surface area contributed by atoms with Gasteiger partial charge < -0.3 is 16.0 Å². The molecule has 1 aromatic rings. The Bertz CT molecular complexity index is 619. The van der Waals surface area contributed by atoms with Crippen LogP contribution in [-0.2, 0) is 11.8 Å². The van der Waals surface area contributed by atoms with E-state index in [9.17, 15) is 4.79 Å². The molecule has 1 aromatic heterocycles. The lowest BCUT2D eigenvalue weighted by Gasteiger charge is -2.33. The van der Waals surface area contributed by atoms with Gasteiger partial charge in [0.25, 0.3) is 0 Å². The number of anilines is 1. The number of carbonyl (C=O) groups excluding carboxylic acids is 1. The van der Waals surface area contributed by atoms with Crippen molar-refractivity contribution < 1.29 is 4.79 Å². The minimum Gasteiger partial charge on any atom is -0.356 e.